The number of hydrogen-bond donors (Lipinski definition) is 2. The number of nitriles is 1. The first-order chi connectivity index (χ1) is 18.7. The molecule has 1 saturated carbocycles. The van der Waals surface area contributed by atoms with E-state index in [9.17, 15) is 23.2 Å². The highest BCUT2D eigenvalue weighted by Crippen LogP contribution is 2.49. The third-order valence-electron chi connectivity index (χ3n) is 7.39. The third-order valence-corrected chi connectivity index (χ3v) is 7.39. The van der Waals surface area contributed by atoms with Crippen LogP contribution in [0.4, 0.5) is 13.2 Å². The maximum absolute atomic E-state index is 14.3. The van der Waals surface area contributed by atoms with Crippen LogP contribution < -0.4 is 5.32 Å². The van der Waals surface area contributed by atoms with Crippen LogP contribution in [0.5, 0.6) is 0 Å². The van der Waals surface area contributed by atoms with Crippen LogP contribution in [0.3, 0.4) is 0 Å². The lowest BCUT2D eigenvalue weighted by Gasteiger charge is -2.33. The van der Waals surface area contributed by atoms with Crippen LogP contribution in [0.15, 0.2) is 57.6 Å². The molecule has 39 heavy (non-hydrogen) atoms. The van der Waals surface area contributed by atoms with Crippen molar-refractivity contribution in [2.24, 2.45) is 5.92 Å². The average molecular weight is 534 g/mol. The van der Waals surface area contributed by atoms with Crippen LogP contribution in [0, 0.1) is 17.2 Å². The molecule has 2 N–H and O–H groups in total. The summed E-state index contributed by atoms with van der Waals surface area (Å²) in [5.41, 5.74) is 1.75. The molecule has 0 bridgehead atoms. The van der Waals surface area contributed by atoms with Gasteiger partial charge >= 0.3 is 12.1 Å². The molecular formula is C28H21F3N4O4. The minimum absolute atomic E-state index is 0.129. The molecule has 0 aliphatic heterocycles. The summed E-state index contributed by atoms with van der Waals surface area (Å²) in [6.45, 7) is 0.522. The van der Waals surface area contributed by atoms with E-state index in [4.69, 9.17) is 14.2 Å². The summed E-state index contributed by atoms with van der Waals surface area (Å²) < 4.78 is 53.5. The Kier molecular flexibility index (Phi) is 5.99. The summed E-state index contributed by atoms with van der Waals surface area (Å²) >= 11 is 0. The van der Waals surface area contributed by atoms with E-state index < -0.39 is 29.4 Å². The van der Waals surface area contributed by atoms with E-state index in [-0.39, 0.29) is 41.0 Å². The largest absolute Gasteiger partial charge is 0.481 e. The van der Waals surface area contributed by atoms with Gasteiger partial charge in [-0.1, -0.05) is 58.8 Å². The Bertz CT molecular complexity index is 1600. The Balaban J connectivity index is 1.34. The van der Waals surface area contributed by atoms with Gasteiger partial charge in [0.15, 0.2) is 0 Å². The number of fused-ring (bicyclic) bond motifs is 3. The molecule has 4 aromatic rings. The number of carboxylic acids is 1. The second kappa shape index (κ2) is 9.39. The van der Waals surface area contributed by atoms with Crippen molar-refractivity contribution < 1.29 is 32.1 Å². The molecule has 2 heterocycles. The fourth-order valence-corrected chi connectivity index (χ4v) is 5.32. The molecular weight excluding hydrogens is 513 g/mol. The Morgan fingerprint density at radius 2 is 1.79 bits per heavy atom. The van der Waals surface area contributed by atoms with E-state index in [1.54, 1.807) is 18.2 Å². The fraction of sp³-hybridized carbons (Fsp3) is 0.286. The molecule has 0 amide bonds. The van der Waals surface area contributed by atoms with E-state index in [0.29, 0.717) is 30.6 Å². The van der Waals surface area contributed by atoms with Gasteiger partial charge in [0.1, 0.15) is 17.0 Å². The second-order valence-corrected chi connectivity index (χ2v) is 9.83. The number of nitrogens with one attached hydrogen (secondary N) is 1. The number of benzene rings is 2. The third kappa shape index (κ3) is 4.36. The van der Waals surface area contributed by atoms with Crippen molar-refractivity contribution in [2.45, 2.75) is 43.9 Å². The van der Waals surface area contributed by atoms with Crippen LogP contribution in [-0.4, -0.2) is 27.4 Å². The van der Waals surface area contributed by atoms with Crippen LogP contribution >= 0.6 is 0 Å². The highest BCUT2D eigenvalue weighted by Gasteiger charge is 2.44. The molecule has 1 unspecified atom stereocenters. The van der Waals surface area contributed by atoms with Crippen molar-refractivity contribution in [3.63, 3.8) is 0 Å². The predicted molar refractivity (Wildman–Crippen MR) is 131 cm³/mol. The standard InChI is InChI=1S/C28H21F3N4O4/c29-28(30,31)22-23(15-4-2-1-3-5-15)34-39-26(22)25-21-18(12-32)9-16-8-14(6-7-20(16)24(21)35-38-25)13-33-19-10-17(11-19)27(36)37/h1-8,17-19,33H,9-11,13H2,(H,36,37). The normalized spacial score (nSPS) is 20.0. The Morgan fingerprint density at radius 3 is 2.49 bits per heavy atom. The highest BCUT2D eigenvalue weighted by molar-refractivity contribution is 5.80. The maximum atomic E-state index is 14.3. The summed E-state index contributed by atoms with van der Waals surface area (Å²) in [5, 5.41) is 30.2. The summed E-state index contributed by atoms with van der Waals surface area (Å²) in [5.74, 6) is -2.77. The Labute approximate surface area is 220 Å². The zero-order chi connectivity index (χ0) is 27.3. The molecule has 8 nitrogen and oxygen atoms in total. The Morgan fingerprint density at radius 1 is 1.08 bits per heavy atom. The highest BCUT2D eigenvalue weighted by atomic mass is 19.4. The molecule has 198 valence electrons. The number of alkyl halides is 3. The lowest BCUT2D eigenvalue weighted by atomic mass is 9.80. The molecule has 2 aliphatic carbocycles. The molecule has 0 radical (unpaired) electrons. The van der Waals surface area contributed by atoms with E-state index in [1.165, 1.54) is 12.1 Å². The minimum atomic E-state index is -4.80. The van der Waals surface area contributed by atoms with Crippen LogP contribution in [0.1, 0.15) is 41.0 Å². The first-order valence-electron chi connectivity index (χ1n) is 12.3. The van der Waals surface area contributed by atoms with Gasteiger partial charge in [-0.25, -0.2) is 0 Å². The number of aliphatic carboxylic acids is 1. The van der Waals surface area contributed by atoms with Gasteiger partial charge in [-0.05, 0) is 30.4 Å². The smallest absolute Gasteiger partial charge is 0.422 e. The lowest BCUT2D eigenvalue weighted by molar-refractivity contribution is -0.145. The van der Waals surface area contributed by atoms with E-state index >= 15 is 0 Å². The number of halogens is 3. The van der Waals surface area contributed by atoms with Gasteiger partial charge in [-0.15, -0.1) is 0 Å². The average Bonchev–Trinajstić information content (AvgIpc) is 3.52. The lowest BCUT2D eigenvalue weighted by Crippen LogP contribution is -2.43. The van der Waals surface area contributed by atoms with Crippen LogP contribution in [-0.2, 0) is 23.9 Å². The van der Waals surface area contributed by atoms with E-state index in [1.807, 2.05) is 18.2 Å². The topological polar surface area (TPSA) is 125 Å². The summed E-state index contributed by atoms with van der Waals surface area (Å²) in [7, 11) is 0. The molecule has 2 aromatic carbocycles. The van der Waals surface area contributed by atoms with Gasteiger partial charge in [-0.2, -0.15) is 18.4 Å². The summed E-state index contributed by atoms with van der Waals surface area (Å²) in [4.78, 5) is 11.0. The van der Waals surface area contributed by atoms with Gasteiger partial charge in [0.05, 0.1) is 17.9 Å². The molecule has 6 rings (SSSR count). The monoisotopic (exact) mass is 534 g/mol. The zero-order valence-electron chi connectivity index (χ0n) is 20.3. The van der Waals surface area contributed by atoms with E-state index in [2.05, 4.69) is 21.7 Å². The predicted octanol–water partition coefficient (Wildman–Crippen LogP) is 5.80. The Hall–Kier alpha value is -4.43. The molecule has 2 aliphatic rings. The van der Waals surface area contributed by atoms with Gasteiger partial charge in [0.2, 0.25) is 11.5 Å². The van der Waals surface area contributed by atoms with E-state index in [0.717, 1.165) is 11.1 Å². The van der Waals surface area contributed by atoms with Crippen molar-refractivity contribution in [1.82, 2.24) is 15.6 Å². The maximum Gasteiger partial charge on any atom is 0.422 e. The number of carbonyl (C=O) groups is 1. The van der Waals surface area contributed by atoms with Crippen molar-refractivity contribution in [1.29, 1.82) is 5.26 Å². The number of aromatic nitrogens is 2. The SMILES string of the molecule is N#CC1Cc2cc(CNC3CC(C(=O)O)C3)ccc2-c2noc(-c3onc(-c4ccccc4)c3C(F)(F)F)c21. The first kappa shape index (κ1) is 24.9. The first-order valence-corrected chi connectivity index (χ1v) is 12.3. The summed E-state index contributed by atoms with van der Waals surface area (Å²) in [6, 6.07) is 15.8. The van der Waals surface area contributed by atoms with Crippen LogP contribution in [0.25, 0.3) is 34.0 Å². The quantitative estimate of drug-likeness (QED) is 0.318. The van der Waals surface area contributed by atoms with Gasteiger partial charge in [0.25, 0.3) is 0 Å². The van der Waals surface area contributed by atoms with Gasteiger partial charge in [0, 0.05) is 29.3 Å². The second-order valence-electron chi connectivity index (χ2n) is 9.83. The molecule has 1 atom stereocenters. The number of nitrogens with zero attached hydrogens (tertiary/aromatic N) is 3. The molecule has 0 saturated heterocycles. The van der Waals surface area contributed by atoms with Gasteiger partial charge in [-0.3, -0.25) is 4.79 Å². The number of hydrogen-bond acceptors (Lipinski definition) is 7. The molecule has 11 heteroatoms. The summed E-state index contributed by atoms with van der Waals surface area (Å²) in [6.07, 6.45) is -3.39. The molecule has 1 fully saturated rings. The fourth-order valence-electron chi connectivity index (χ4n) is 5.32. The number of carboxylic acid groups (broad SMARTS) is 1. The van der Waals surface area contributed by atoms with Crippen molar-refractivity contribution in [2.75, 3.05) is 0 Å². The van der Waals surface area contributed by atoms with Gasteiger partial charge < -0.3 is 19.5 Å². The number of rotatable bonds is 6. The minimum Gasteiger partial charge on any atom is -0.481 e. The van der Waals surface area contributed by atoms with Crippen molar-refractivity contribution >= 4 is 5.97 Å². The molecule has 2 aromatic heterocycles. The van der Waals surface area contributed by atoms with Crippen molar-refractivity contribution in [3.05, 3.63) is 70.8 Å². The molecule has 0 spiro atoms. The zero-order valence-corrected chi connectivity index (χ0v) is 20.3. The van der Waals surface area contributed by atoms with Crippen LogP contribution in [0.2, 0.25) is 0 Å². The van der Waals surface area contributed by atoms with Crippen molar-refractivity contribution in [3.8, 4) is 40.1 Å².